The van der Waals surface area contributed by atoms with Crippen LogP contribution in [0.2, 0.25) is 0 Å². The van der Waals surface area contributed by atoms with Crippen molar-refractivity contribution in [3.8, 4) is 11.5 Å². The zero-order valence-corrected chi connectivity index (χ0v) is 11.3. The smallest absolute Gasteiger partial charge is 0.137 e. The number of nitrogens with two attached hydrogens (primary N) is 1. The van der Waals surface area contributed by atoms with Crippen molar-refractivity contribution in [2.75, 3.05) is 13.2 Å². The molecule has 2 aliphatic heterocycles. The molecule has 0 aromatic heterocycles. The zero-order chi connectivity index (χ0) is 11.8. The Labute approximate surface area is 109 Å². The van der Waals surface area contributed by atoms with Crippen LogP contribution in [-0.2, 0) is 19.4 Å². The first-order chi connectivity index (χ1) is 8.33. The van der Waals surface area contributed by atoms with Crippen molar-refractivity contribution >= 4 is 15.9 Å². The van der Waals surface area contributed by atoms with Gasteiger partial charge in [-0.2, -0.15) is 0 Å². The van der Waals surface area contributed by atoms with Crippen molar-refractivity contribution in [3.63, 3.8) is 0 Å². The van der Waals surface area contributed by atoms with E-state index in [0.29, 0.717) is 6.54 Å². The summed E-state index contributed by atoms with van der Waals surface area (Å²) in [5.74, 6) is 2.01. The van der Waals surface area contributed by atoms with Crippen LogP contribution in [0.15, 0.2) is 4.47 Å². The fourth-order valence-corrected chi connectivity index (χ4v) is 3.43. The number of hydrogen-bond donors (Lipinski definition) is 1. The minimum atomic E-state index is 0.529. The minimum absolute atomic E-state index is 0.529. The molecular formula is C13H16BrNO2. The molecule has 0 unspecified atom stereocenters. The molecule has 4 heteroatoms. The normalized spacial score (nSPS) is 17.8. The molecule has 3 nitrogen and oxygen atoms in total. The highest BCUT2D eigenvalue weighted by Gasteiger charge is 2.27. The van der Waals surface area contributed by atoms with E-state index in [9.17, 15) is 0 Å². The van der Waals surface area contributed by atoms with Crippen LogP contribution in [0.5, 0.6) is 11.5 Å². The van der Waals surface area contributed by atoms with E-state index in [1.165, 1.54) is 11.1 Å². The molecule has 0 radical (unpaired) electrons. The largest absolute Gasteiger partial charge is 0.493 e. The summed E-state index contributed by atoms with van der Waals surface area (Å²) in [5.41, 5.74) is 9.52. The Morgan fingerprint density at radius 1 is 1.00 bits per heavy atom. The highest BCUT2D eigenvalue weighted by Crippen LogP contribution is 2.45. The zero-order valence-electron chi connectivity index (χ0n) is 9.72. The number of benzene rings is 1. The van der Waals surface area contributed by atoms with Gasteiger partial charge in [0.25, 0.3) is 0 Å². The van der Waals surface area contributed by atoms with Gasteiger partial charge in [-0.25, -0.2) is 0 Å². The highest BCUT2D eigenvalue weighted by atomic mass is 79.9. The van der Waals surface area contributed by atoms with E-state index in [1.807, 2.05) is 0 Å². The standard InChI is InChI=1S/C13H16BrNO2/c14-11-9-4-2-5-16-12(9)10(7-15)8-3-1-6-17-13(8)11/h1-7,15H2. The van der Waals surface area contributed by atoms with Gasteiger partial charge >= 0.3 is 0 Å². The summed E-state index contributed by atoms with van der Waals surface area (Å²) in [5, 5.41) is 0. The summed E-state index contributed by atoms with van der Waals surface area (Å²) < 4.78 is 12.7. The molecule has 0 aliphatic carbocycles. The van der Waals surface area contributed by atoms with Crippen LogP contribution in [0.1, 0.15) is 29.5 Å². The van der Waals surface area contributed by atoms with E-state index in [1.54, 1.807) is 0 Å². The maximum Gasteiger partial charge on any atom is 0.137 e. The van der Waals surface area contributed by atoms with Crippen molar-refractivity contribution in [2.45, 2.75) is 32.2 Å². The third-order valence-electron chi connectivity index (χ3n) is 3.49. The fraction of sp³-hybridized carbons (Fsp3) is 0.538. The number of hydrogen-bond acceptors (Lipinski definition) is 3. The SMILES string of the molecule is NCc1c2c(c(Br)c3c1OCCC3)OCCC2. The summed E-state index contributed by atoms with van der Waals surface area (Å²) in [4.78, 5) is 0. The minimum Gasteiger partial charge on any atom is -0.493 e. The Kier molecular flexibility index (Phi) is 3.01. The van der Waals surface area contributed by atoms with Gasteiger partial charge < -0.3 is 15.2 Å². The second-order valence-electron chi connectivity index (χ2n) is 4.52. The Hall–Kier alpha value is -0.740. The monoisotopic (exact) mass is 297 g/mol. The molecule has 1 aromatic rings. The Morgan fingerprint density at radius 3 is 2.35 bits per heavy atom. The second kappa shape index (κ2) is 4.50. The average Bonchev–Trinajstić information content (AvgIpc) is 2.40. The topological polar surface area (TPSA) is 44.5 Å². The van der Waals surface area contributed by atoms with E-state index in [0.717, 1.165) is 60.4 Å². The highest BCUT2D eigenvalue weighted by molar-refractivity contribution is 9.10. The molecule has 3 rings (SSSR count). The van der Waals surface area contributed by atoms with Crippen LogP contribution >= 0.6 is 15.9 Å². The molecule has 0 amide bonds. The van der Waals surface area contributed by atoms with Crippen LogP contribution in [0.25, 0.3) is 0 Å². The quantitative estimate of drug-likeness (QED) is 0.866. The molecule has 0 fully saturated rings. The fourth-order valence-electron chi connectivity index (χ4n) is 2.70. The van der Waals surface area contributed by atoms with Crippen LogP contribution in [-0.4, -0.2) is 13.2 Å². The van der Waals surface area contributed by atoms with E-state index in [2.05, 4.69) is 15.9 Å². The lowest BCUT2D eigenvalue weighted by Gasteiger charge is -2.28. The summed E-state index contributed by atoms with van der Waals surface area (Å²) in [6.07, 6.45) is 4.20. The molecule has 0 spiro atoms. The Morgan fingerprint density at radius 2 is 1.65 bits per heavy atom. The van der Waals surface area contributed by atoms with Crippen molar-refractivity contribution in [1.29, 1.82) is 0 Å². The second-order valence-corrected chi connectivity index (χ2v) is 5.31. The van der Waals surface area contributed by atoms with Gasteiger partial charge in [0, 0.05) is 23.2 Å². The van der Waals surface area contributed by atoms with Crippen LogP contribution in [0.4, 0.5) is 0 Å². The molecule has 17 heavy (non-hydrogen) atoms. The molecule has 0 saturated carbocycles. The van der Waals surface area contributed by atoms with Gasteiger partial charge in [0.1, 0.15) is 11.5 Å². The first-order valence-corrected chi connectivity index (χ1v) is 6.94. The molecule has 92 valence electrons. The first-order valence-electron chi connectivity index (χ1n) is 6.14. The van der Waals surface area contributed by atoms with Gasteiger partial charge in [-0.3, -0.25) is 0 Å². The Balaban J connectivity index is 2.25. The van der Waals surface area contributed by atoms with E-state index >= 15 is 0 Å². The van der Waals surface area contributed by atoms with Gasteiger partial charge in [-0.05, 0) is 41.6 Å². The van der Waals surface area contributed by atoms with Gasteiger partial charge in [-0.1, -0.05) is 0 Å². The lowest BCUT2D eigenvalue weighted by atomic mass is 9.93. The Bertz CT molecular complexity index is 422. The van der Waals surface area contributed by atoms with Crippen molar-refractivity contribution < 1.29 is 9.47 Å². The molecule has 2 aliphatic rings. The lowest BCUT2D eigenvalue weighted by Crippen LogP contribution is -2.19. The third-order valence-corrected chi connectivity index (χ3v) is 4.33. The summed E-state index contributed by atoms with van der Waals surface area (Å²) in [6.45, 7) is 2.13. The van der Waals surface area contributed by atoms with Gasteiger partial charge in [0.2, 0.25) is 0 Å². The van der Waals surface area contributed by atoms with Gasteiger partial charge in [0.15, 0.2) is 0 Å². The number of ether oxygens (including phenoxy) is 2. The molecule has 2 N–H and O–H groups in total. The average molecular weight is 298 g/mol. The molecule has 0 atom stereocenters. The molecule has 2 heterocycles. The predicted octanol–water partition coefficient (Wildman–Crippen LogP) is 2.56. The first kappa shape index (κ1) is 11.4. The number of fused-ring (bicyclic) bond motifs is 2. The summed E-state index contributed by atoms with van der Waals surface area (Å²) in [7, 11) is 0. The van der Waals surface area contributed by atoms with Gasteiger partial charge in [0.05, 0.1) is 17.7 Å². The van der Waals surface area contributed by atoms with E-state index < -0.39 is 0 Å². The van der Waals surface area contributed by atoms with Crippen LogP contribution in [0, 0.1) is 0 Å². The molecule has 1 aromatic carbocycles. The maximum atomic E-state index is 5.90. The maximum absolute atomic E-state index is 5.90. The van der Waals surface area contributed by atoms with Crippen molar-refractivity contribution in [1.82, 2.24) is 0 Å². The van der Waals surface area contributed by atoms with E-state index in [-0.39, 0.29) is 0 Å². The summed E-state index contributed by atoms with van der Waals surface area (Å²) >= 11 is 3.67. The molecule has 0 saturated heterocycles. The molecule has 0 bridgehead atoms. The van der Waals surface area contributed by atoms with Crippen LogP contribution in [0.3, 0.4) is 0 Å². The number of rotatable bonds is 1. The molecular weight excluding hydrogens is 282 g/mol. The lowest BCUT2D eigenvalue weighted by molar-refractivity contribution is 0.267. The van der Waals surface area contributed by atoms with Crippen molar-refractivity contribution in [3.05, 3.63) is 21.2 Å². The van der Waals surface area contributed by atoms with E-state index in [4.69, 9.17) is 15.2 Å². The summed E-state index contributed by atoms with van der Waals surface area (Å²) in [6, 6.07) is 0. The predicted molar refractivity (Wildman–Crippen MR) is 69.7 cm³/mol. The van der Waals surface area contributed by atoms with Crippen LogP contribution < -0.4 is 15.2 Å². The third kappa shape index (κ3) is 1.74. The number of halogens is 1. The van der Waals surface area contributed by atoms with Gasteiger partial charge in [-0.15, -0.1) is 0 Å². The van der Waals surface area contributed by atoms with Crippen molar-refractivity contribution in [2.24, 2.45) is 5.73 Å².